The number of hydrazine groups is 1. The number of carbonyl (C=O) groups is 1. The van der Waals surface area contributed by atoms with Crippen molar-refractivity contribution in [2.75, 3.05) is 0 Å². The summed E-state index contributed by atoms with van der Waals surface area (Å²) in [6, 6.07) is 8.91. The van der Waals surface area contributed by atoms with Crippen molar-refractivity contribution in [3.63, 3.8) is 0 Å². The smallest absolute Gasteiger partial charge is 0.287 e. The van der Waals surface area contributed by atoms with Gasteiger partial charge in [-0.2, -0.15) is 18.2 Å². The minimum absolute atomic E-state index is 0.0358. The molecule has 2 aromatic carbocycles. The zero-order valence-corrected chi connectivity index (χ0v) is 20.1. The van der Waals surface area contributed by atoms with Crippen LogP contribution in [0.3, 0.4) is 0 Å². The number of halogens is 3. The second-order valence-electron chi connectivity index (χ2n) is 9.92. The van der Waals surface area contributed by atoms with Gasteiger partial charge in [-0.05, 0) is 48.6 Å². The van der Waals surface area contributed by atoms with E-state index < -0.39 is 17.8 Å². The molecule has 0 spiro atoms. The summed E-state index contributed by atoms with van der Waals surface area (Å²) in [5.74, 6) is -0.384. The molecule has 1 heterocycles. The van der Waals surface area contributed by atoms with Gasteiger partial charge in [0.25, 0.3) is 0 Å². The van der Waals surface area contributed by atoms with E-state index >= 15 is 0 Å². The number of amides is 1. The molecule has 1 saturated heterocycles. The molecule has 3 nitrogen and oxygen atoms in total. The van der Waals surface area contributed by atoms with E-state index in [4.69, 9.17) is 0 Å². The Labute approximate surface area is 195 Å². The summed E-state index contributed by atoms with van der Waals surface area (Å²) in [5.41, 5.74) is 2.81. The summed E-state index contributed by atoms with van der Waals surface area (Å²) in [4.78, 5) is 12.0. The van der Waals surface area contributed by atoms with Crippen molar-refractivity contribution < 1.29 is 18.0 Å². The molecule has 0 bridgehead atoms. The highest BCUT2D eigenvalue weighted by Gasteiger charge is 2.53. The van der Waals surface area contributed by atoms with Gasteiger partial charge in [0.05, 0.1) is 0 Å². The lowest BCUT2D eigenvalue weighted by atomic mass is 9.90. The summed E-state index contributed by atoms with van der Waals surface area (Å²) in [7, 11) is 0. The van der Waals surface area contributed by atoms with Gasteiger partial charge >= 0.3 is 6.18 Å². The Kier molecular flexibility index (Phi) is 8.43. The van der Waals surface area contributed by atoms with Crippen LogP contribution in [0.15, 0.2) is 36.4 Å². The largest absolute Gasteiger partial charge is 0.409 e. The molecule has 1 amide bonds. The Morgan fingerprint density at radius 2 is 1.55 bits per heavy atom. The fraction of sp³-hybridized carbons (Fsp3) is 0.593. The van der Waals surface area contributed by atoms with E-state index in [1.165, 1.54) is 38.5 Å². The Bertz CT molecular complexity index is 939. The number of unbranched alkanes of at least 4 members (excludes halogenated alkanes) is 7. The number of aryl methyl sites for hydroxylation is 1. The van der Waals surface area contributed by atoms with E-state index in [2.05, 4.69) is 12.3 Å². The normalized spacial score (nSPS) is 17.5. The Morgan fingerprint density at radius 3 is 2.12 bits per heavy atom. The van der Waals surface area contributed by atoms with Crippen molar-refractivity contribution >= 4 is 16.7 Å². The molecule has 1 atom stereocenters. The van der Waals surface area contributed by atoms with Gasteiger partial charge in [-0.1, -0.05) is 88.3 Å². The predicted octanol–water partition coefficient (Wildman–Crippen LogP) is 7.64. The minimum Gasteiger partial charge on any atom is -0.287 e. The highest BCUT2D eigenvalue weighted by Crippen LogP contribution is 2.45. The first-order valence-corrected chi connectivity index (χ1v) is 12.3. The molecule has 1 fully saturated rings. The maximum Gasteiger partial charge on any atom is 0.409 e. The van der Waals surface area contributed by atoms with Crippen LogP contribution >= 0.6 is 0 Å². The molecule has 1 aliphatic rings. The number of nitrogens with zero attached hydrogens (tertiary/aromatic N) is 1. The van der Waals surface area contributed by atoms with Crippen LogP contribution in [0.5, 0.6) is 0 Å². The molecule has 0 aromatic heterocycles. The predicted molar refractivity (Wildman–Crippen MR) is 128 cm³/mol. The summed E-state index contributed by atoms with van der Waals surface area (Å²) in [5, 5.41) is 2.57. The third-order valence-electron chi connectivity index (χ3n) is 6.70. The number of alkyl halides is 3. The zero-order valence-electron chi connectivity index (χ0n) is 20.1. The van der Waals surface area contributed by atoms with Gasteiger partial charge in [0, 0.05) is 12.0 Å². The van der Waals surface area contributed by atoms with Crippen molar-refractivity contribution in [3.8, 4) is 0 Å². The number of hydrogen-bond acceptors (Lipinski definition) is 2. The van der Waals surface area contributed by atoms with Crippen molar-refractivity contribution in [3.05, 3.63) is 47.5 Å². The van der Waals surface area contributed by atoms with E-state index in [9.17, 15) is 18.0 Å². The van der Waals surface area contributed by atoms with Gasteiger partial charge in [0.15, 0.2) is 6.04 Å². The minimum atomic E-state index is -4.53. The van der Waals surface area contributed by atoms with E-state index in [-0.39, 0.29) is 17.9 Å². The molecule has 6 heteroatoms. The molecular formula is C27H37F3N2O. The first-order chi connectivity index (χ1) is 15.6. The van der Waals surface area contributed by atoms with Crippen molar-refractivity contribution in [1.82, 2.24) is 10.4 Å². The average Bonchev–Trinajstić information content (AvgIpc) is 3.01. The van der Waals surface area contributed by atoms with Gasteiger partial charge in [0.2, 0.25) is 5.91 Å². The van der Waals surface area contributed by atoms with Crippen LogP contribution in [0.25, 0.3) is 10.8 Å². The molecule has 33 heavy (non-hydrogen) atoms. The monoisotopic (exact) mass is 462 g/mol. The lowest BCUT2D eigenvalue weighted by molar-refractivity contribution is -0.203. The van der Waals surface area contributed by atoms with Crippen LogP contribution in [0.2, 0.25) is 0 Å². The SMILES string of the molecule is CCCCCCCCCCc1ccc(C(N2NC(=O)CC2(C)C)C(F)(F)F)c2ccccc12. The van der Waals surface area contributed by atoms with Gasteiger partial charge in [0.1, 0.15) is 0 Å². The summed E-state index contributed by atoms with van der Waals surface area (Å²) >= 11 is 0. The highest BCUT2D eigenvalue weighted by atomic mass is 19.4. The lowest BCUT2D eigenvalue weighted by Gasteiger charge is -2.38. The number of fused-ring (bicyclic) bond motifs is 1. The van der Waals surface area contributed by atoms with E-state index in [1.807, 2.05) is 18.2 Å². The van der Waals surface area contributed by atoms with E-state index in [0.29, 0.717) is 5.39 Å². The van der Waals surface area contributed by atoms with E-state index in [0.717, 1.165) is 35.2 Å². The first kappa shape index (κ1) is 25.5. The average molecular weight is 463 g/mol. The Balaban J connectivity index is 1.81. The fourth-order valence-corrected chi connectivity index (χ4v) is 4.97. The Morgan fingerprint density at radius 1 is 0.939 bits per heavy atom. The topological polar surface area (TPSA) is 32.3 Å². The van der Waals surface area contributed by atoms with Crippen LogP contribution in [0, 0.1) is 0 Å². The summed E-state index contributed by atoms with van der Waals surface area (Å²) in [6.07, 6.45) is 6.14. The highest BCUT2D eigenvalue weighted by molar-refractivity contribution is 5.89. The van der Waals surface area contributed by atoms with Gasteiger partial charge in [-0.3, -0.25) is 10.2 Å². The van der Waals surface area contributed by atoms with Crippen LogP contribution < -0.4 is 5.43 Å². The fourth-order valence-electron chi connectivity index (χ4n) is 4.97. The maximum absolute atomic E-state index is 14.4. The number of nitrogens with one attached hydrogen (secondary N) is 1. The van der Waals surface area contributed by atoms with Crippen molar-refractivity contribution in [1.29, 1.82) is 0 Å². The maximum atomic E-state index is 14.4. The standard InChI is InChI=1S/C27H37F3N2O/c1-4-5-6-7-8-9-10-11-14-20-17-18-23(22-16-13-12-15-21(20)22)25(27(28,29)30)32-26(2,3)19-24(33)31-32/h12-13,15-18,25H,4-11,14,19H2,1-3H3,(H,31,33). The lowest BCUT2D eigenvalue weighted by Crippen LogP contribution is -2.51. The molecule has 182 valence electrons. The van der Waals surface area contributed by atoms with Crippen molar-refractivity contribution in [2.24, 2.45) is 0 Å². The second kappa shape index (κ2) is 10.9. The third-order valence-corrected chi connectivity index (χ3v) is 6.70. The van der Waals surface area contributed by atoms with Crippen molar-refractivity contribution in [2.45, 2.75) is 103 Å². The quantitative estimate of drug-likeness (QED) is 0.348. The van der Waals surface area contributed by atoms with Crippen LogP contribution in [-0.4, -0.2) is 22.6 Å². The molecule has 3 rings (SSSR count). The molecule has 0 radical (unpaired) electrons. The summed E-state index contributed by atoms with van der Waals surface area (Å²) < 4.78 is 43.1. The molecule has 1 aliphatic heterocycles. The number of rotatable bonds is 11. The summed E-state index contributed by atoms with van der Waals surface area (Å²) in [6.45, 7) is 5.56. The molecule has 2 aromatic rings. The molecule has 0 saturated carbocycles. The van der Waals surface area contributed by atoms with E-state index in [1.54, 1.807) is 32.0 Å². The second-order valence-corrected chi connectivity index (χ2v) is 9.92. The van der Waals surface area contributed by atoms with Crippen LogP contribution in [-0.2, 0) is 11.2 Å². The van der Waals surface area contributed by atoms with Gasteiger partial charge < -0.3 is 0 Å². The third kappa shape index (κ3) is 6.28. The molecular weight excluding hydrogens is 425 g/mol. The van der Waals surface area contributed by atoms with Crippen LogP contribution in [0.4, 0.5) is 13.2 Å². The number of benzene rings is 2. The molecule has 1 N–H and O–H groups in total. The molecule has 0 aliphatic carbocycles. The zero-order chi connectivity index (χ0) is 24.1. The van der Waals surface area contributed by atoms with Gasteiger partial charge in [-0.25, -0.2) is 0 Å². The first-order valence-electron chi connectivity index (χ1n) is 12.3. The van der Waals surface area contributed by atoms with Gasteiger partial charge in [-0.15, -0.1) is 0 Å². The number of carbonyl (C=O) groups excluding carboxylic acids is 1. The van der Waals surface area contributed by atoms with Crippen LogP contribution in [0.1, 0.15) is 95.7 Å². The Hall–Kier alpha value is -2.08. The number of hydrogen-bond donors (Lipinski definition) is 1. The molecule has 1 unspecified atom stereocenters.